The van der Waals surface area contributed by atoms with Crippen LogP contribution in [0, 0.1) is 5.82 Å². The highest BCUT2D eigenvalue weighted by Crippen LogP contribution is 2.36. The zero-order valence-corrected chi connectivity index (χ0v) is 15.0. The van der Waals surface area contributed by atoms with Crippen molar-refractivity contribution in [1.82, 2.24) is 0 Å². The lowest BCUT2D eigenvalue weighted by atomic mass is 10.0. The fraction of sp³-hybridized carbons (Fsp3) is 0.278. The van der Waals surface area contributed by atoms with E-state index in [1.54, 1.807) is 37.1 Å². The largest absolute Gasteiger partial charge is 0.497 e. The first-order valence-electron chi connectivity index (χ1n) is 7.72. The predicted octanol–water partition coefficient (Wildman–Crippen LogP) is 4.01. The molecule has 0 saturated heterocycles. The third-order valence-electron chi connectivity index (χ3n) is 3.92. The van der Waals surface area contributed by atoms with E-state index in [9.17, 15) is 9.50 Å². The number of hydrogen-bond acceptors (Lipinski definition) is 4. The van der Waals surface area contributed by atoms with E-state index in [0.29, 0.717) is 17.1 Å². The molecule has 0 aromatic heterocycles. The molecule has 0 heterocycles. The monoisotopic (exact) mass is 365 g/mol. The summed E-state index contributed by atoms with van der Waals surface area (Å²) in [5, 5.41) is 10.3. The third-order valence-corrected chi connectivity index (χ3v) is 4.21. The van der Waals surface area contributed by atoms with Gasteiger partial charge in [-0.3, -0.25) is 0 Å². The summed E-state index contributed by atoms with van der Waals surface area (Å²) in [6.45, 7) is 3.53. The van der Waals surface area contributed by atoms with Gasteiger partial charge in [0.15, 0.2) is 0 Å². The summed E-state index contributed by atoms with van der Waals surface area (Å²) in [7, 11) is 1.57. The minimum atomic E-state index is -0.840. The molecule has 0 aliphatic heterocycles. The van der Waals surface area contributed by atoms with E-state index in [4.69, 9.17) is 22.1 Å². The molecule has 7 heteroatoms. The second kappa shape index (κ2) is 8.18. The minimum absolute atomic E-state index is 0.00900. The van der Waals surface area contributed by atoms with E-state index in [-0.39, 0.29) is 11.1 Å². The molecule has 3 N–H and O–H groups in total. The van der Waals surface area contributed by atoms with Crippen LogP contribution in [-0.2, 0) is 0 Å². The molecule has 0 radical (unpaired) electrons. The van der Waals surface area contributed by atoms with Gasteiger partial charge in [0.1, 0.15) is 17.8 Å². The zero-order chi connectivity index (χ0) is 18.6. The van der Waals surface area contributed by atoms with Crippen LogP contribution in [0.25, 0.3) is 0 Å². The fourth-order valence-electron chi connectivity index (χ4n) is 2.75. The smallest absolute Gasteiger partial charge is 0.141 e. The number of benzene rings is 2. The van der Waals surface area contributed by atoms with Crippen LogP contribution < -0.4 is 15.4 Å². The highest BCUT2D eigenvalue weighted by molar-refractivity contribution is 6.31. The van der Waals surface area contributed by atoms with Gasteiger partial charge < -0.3 is 20.5 Å². The summed E-state index contributed by atoms with van der Waals surface area (Å²) in [6, 6.07) is 9.45. The molecule has 2 aromatic rings. The van der Waals surface area contributed by atoms with Crippen LogP contribution in [0.15, 0.2) is 41.4 Å². The summed E-state index contributed by atoms with van der Waals surface area (Å²) in [5.41, 5.74) is 7.48. The lowest BCUT2D eigenvalue weighted by Gasteiger charge is -2.35. The molecule has 0 saturated carbocycles. The highest BCUT2D eigenvalue weighted by Gasteiger charge is 2.23. The van der Waals surface area contributed by atoms with E-state index in [2.05, 4.69) is 4.99 Å². The number of aliphatic hydroxyl groups is 1. The number of hydrogen-bond donors (Lipinski definition) is 2. The lowest BCUT2D eigenvalue weighted by Crippen LogP contribution is -2.35. The van der Waals surface area contributed by atoms with Crippen molar-refractivity contribution in [3.63, 3.8) is 0 Å². The van der Waals surface area contributed by atoms with Gasteiger partial charge in [-0.1, -0.05) is 17.7 Å². The number of ether oxygens (including phenoxy) is 1. The van der Waals surface area contributed by atoms with E-state index in [1.165, 1.54) is 18.5 Å². The van der Waals surface area contributed by atoms with Crippen LogP contribution in [0.4, 0.5) is 15.8 Å². The van der Waals surface area contributed by atoms with E-state index in [0.717, 1.165) is 5.56 Å². The van der Waals surface area contributed by atoms with Crippen molar-refractivity contribution in [2.24, 2.45) is 10.7 Å². The number of nitrogens with zero attached hydrogens (tertiary/aromatic N) is 2. The summed E-state index contributed by atoms with van der Waals surface area (Å²) < 4.78 is 18.7. The average molecular weight is 366 g/mol. The maximum Gasteiger partial charge on any atom is 0.141 e. The molecule has 25 heavy (non-hydrogen) atoms. The maximum absolute atomic E-state index is 13.5. The molecular weight excluding hydrogens is 345 g/mol. The first kappa shape index (κ1) is 19.0. The first-order chi connectivity index (χ1) is 11.9. The molecule has 134 valence electrons. The Hall–Kier alpha value is -2.31. The molecule has 2 aromatic carbocycles. The van der Waals surface area contributed by atoms with Crippen molar-refractivity contribution in [1.29, 1.82) is 0 Å². The Morgan fingerprint density at radius 1 is 1.28 bits per heavy atom. The summed E-state index contributed by atoms with van der Waals surface area (Å²) in [6.07, 6.45) is 0.361. The number of halogens is 2. The van der Waals surface area contributed by atoms with Crippen molar-refractivity contribution in [3.05, 3.63) is 52.8 Å². The molecular formula is C18H21ClFN3O2. The predicted molar refractivity (Wildman–Crippen MR) is 99.3 cm³/mol. The normalized spacial score (nSPS) is 13.7. The standard InChI is InChI=1S/C18H21ClFN3O2/c1-11(15-6-5-14(25-3)9-18(15)22-10-21)23(12(2)24)13-4-7-17(20)16(19)8-13/h4-12,24H,1-3H3,(H2,21,22). The van der Waals surface area contributed by atoms with Crippen molar-refractivity contribution in [2.75, 3.05) is 12.0 Å². The topological polar surface area (TPSA) is 71.1 Å². The second-order valence-electron chi connectivity index (χ2n) is 5.52. The van der Waals surface area contributed by atoms with Crippen molar-refractivity contribution < 1.29 is 14.2 Å². The summed E-state index contributed by atoms with van der Waals surface area (Å²) >= 11 is 5.89. The summed E-state index contributed by atoms with van der Waals surface area (Å²) in [4.78, 5) is 5.89. The van der Waals surface area contributed by atoms with Crippen LogP contribution in [0.5, 0.6) is 5.75 Å². The average Bonchev–Trinajstić information content (AvgIpc) is 2.58. The Morgan fingerprint density at radius 2 is 2.00 bits per heavy atom. The molecule has 0 aliphatic carbocycles. The van der Waals surface area contributed by atoms with Gasteiger partial charge in [-0.15, -0.1) is 0 Å². The number of anilines is 1. The Morgan fingerprint density at radius 3 is 2.56 bits per heavy atom. The maximum atomic E-state index is 13.5. The van der Waals surface area contributed by atoms with Crippen molar-refractivity contribution in [3.8, 4) is 5.75 Å². The van der Waals surface area contributed by atoms with E-state index >= 15 is 0 Å². The van der Waals surface area contributed by atoms with Crippen LogP contribution in [-0.4, -0.2) is 24.8 Å². The van der Waals surface area contributed by atoms with Crippen LogP contribution >= 0.6 is 11.6 Å². The molecule has 0 bridgehead atoms. The highest BCUT2D eigenvalue weighted by atomic mass is 35.5. The Bertz CT molecular complexity index is 768. The lowest BCUT2D eigenvalue weighted by molar-refractivity contribution is 0.178. The van der Waals surface area contributed by atoms with Gasteiger partial charge in [0.25, 0.3) is 0 Å². The molecule has 5 nitrogen and oxygen atoms in total. The van der Waals surface area contributed by atoms with Crippen molar-refractivity contribution in [2.45, 2.75) is 26.1 Å². The molecule has 0 fully saturated rings. The summed E-state index contributed by atoms with van der Waals surface area (Å²) in [5.74, 6) is 0.131. The van der Waals surface area contributed by atoms with Crippen LogP contribution in [0.1, 0.15) is 25.5 Å². The fourth-order valence-corrected chi connectivity index (χ4v) is 2.93. The number of rotatable bonds is 6. The molecule has 2 unspecified atom stereocenters. The van der Waals surface area contributed by atoms with E-state index < -0.39 is 12.0 Å². The first-order valence-corrected chi connectivity index (χ1v) is 8.10. The Kier molecular flexibility index (Phi) is 6.22. The van der Waals surface area contributed by atoms with Gasteiger partial charge in [-0.25, -0.2) is 9.38 Å². The van der Waals surface area contributed by atoms with Crippen molar-refractivity contribution >= 4 is 29.3 Å². The molecule has 0 spiro atoms. The number of aliphatic imine (C=N–C) groups is 1. The number of aliphatic hydroxyl groups excluding tert-OH is 1. The SMILES string of the molecule is COc1ccc(C(C)N(c2ccc(F)c(Cl)c2)C(C)O)c(N=CN)c1. The van der Waals surface area contributed by atoms with Gasteiger partial charge in [0, 0.05) is 17.3 Å². The minimum Gasteiger partial charge on any atom is -0.497 e. The van der Waals surface area contributed by atoms with Gasteiger partial charge >= 0.3 is 0 Å². The Labute approximate surface area is 151 Å². The molecule has 2 atom stereocenters. The molecule has 0 aliphatic rings. The number of nitrogens with two attached hydrogens (primary N) is 1. The van der Waals surface area contributed by atoms with E-state index in [1.807, 2.05) is 13.0 Å². The molecule has 0 amide bonds. The second-order valence-corrected chi connectivity index (χ2v) is 5.92. The van der Waals surface area contributed by atoms with Crippen LogP contribution in [0.3, 0.4) is 0 Å². The third kappa shape index (κ3) is 4.21. The van der Waals surface area contributed by atoms with Crippen LogP contribution in [0.2, 0.25) is 5.02 Å². The van der Waals surface area contributed by atoms with Gasteiger partial charge in [-0.05, 0) is 38.1 Å². The quantitative estimate of drug-likeness (QED) is 0.461. The number of methoxy groups -OCH3 is 1. The van der Waals surface area contributed by atoms with Gasteiger partial charge in [0.2, 0.25) is 0 Å². The van der Waals surface area contributed by atoms with Gasteiger partial charge in [0.05, 0.1) is 30.2 Å². The Balaban J connectivity index is 2.50. The molecule has 2 rings (SSSR count). The van der Waals surface area contributed by atoms with Gasteiger partial charge in [-0.2, -0.15) is 0 Å². The zero-order valence-electron chi connectivity index (χ0n) is 14.3.